The number of amides is 1. The van der Waals surface area contributed by atoms with Gasteiger partial charge in [-0.25, -0.2) is 4.98 Å². The summed E-state index contributed by atoms with van der Waals surface area (Å²) >= 11 is 1.40. The monoisotopic (exact) mass is 262 g/mol. The first-order valence-corrected chi connectivity index (χ1v) is 6.50. The predicted octanol–water partition coefficient (Wildman–Crippen LogP) is 3.22. The number of nitrogens with zero attached hydrogens (tertiary/aromatic N) is 1. The molecule has 0 atom stereocenters. The molecule has 0 fully saturated rings. The zero-order valence-corrected chi connectivity index (χ0v) is 11.0. The predicted molar refractivity (Wildman–Crippen MR) is 72.3 cm³/mol. The molecule has 94 valence electrons. The second-order valence-corrected chi connectivity index (χ2v) is 5.09. The summed E-state index contributed by atoms with van der Waals surface area (Å²) in [5.74, 6) is 0.146. The van der Waals surface area contributed by atoms with Gasteiger partial charge >= 0.3 is 0 Å². The van der Waals surface area contributed by atoms with Gasteiger partial charge in [0.15, 0.2) is 5.13 Å². The molecule has 1 amide bonds. The van der Waals surface area contributed by atoms with E-state index < -0.39 is 0 Å². The molecule has 0 spiro atoms. The quantitative estimate of drug-likeness (QED) is 0.892. The number of nitrogens with one attached hydrogen (secondary N) is 1. The molecule has 18 heavy (non-hydrogen) atoms. The van der Waals surface area contributed by atoms with Gasteiger partial charge in [-0.1, -0.05) is 19.9 Å². The van der Waals surface area contributed by atoms with Crippen LogP contribution < -0.4 is 5.32 Å². The Kier molecular flexibility index (Phi) is 3.62. The number of aromatic hydroxyl groups is 1. The minimum Gasteiger partial charge on any atom is -0.508 e. The van der Waals surface area contributed by atoms with Crippen LogP contribution in [0.4, 0.5) is 5.13 Å². The van der Waals surface area contributed by atoms with E-state index in [9.17, 15) is 9.90 Å². The number of phenolic OH excluding ortho intramolecular Hbond substituents is 1. The molecular weight excluding hydrogens is 248 g/mol. The molecule has 4 nitrogen and oxygen atoms in total. The number of carbonyl (C=O) groups is 1. The normalized spacial score (nSPS) is 10.6. The van der Waals surface area contributed by atoms with Crippen molar-refractivity contribution in [2.24, 2.45) is 0 Å². The minimum absolute atomic E-state index is 0.0738. The number of thiazole rings is 1. The molecule has 5 heteroatoms. The number of rotatable bonds is 3. The van der Waals surface area contributed by atoms with Crippen LogP contribution in [-0.4, -0.2) is 16.0 Å². The average Bonchev–Trinajstić information content (AvgIpc) is 2.77. The van der Waals surface area contributed by atoms with Gasteiger partial charge < -0.3 is 5.11 Å². The Morgan fingerprint density at radius 2 is 2.22 bits per heavy atom. The third-order valence-electron chi connectivity index (χ3n) is 2.44. The highest BCUT2D eigenvalue weighted by Gasteiger charge is 2.10. The van der Waals surface area contributed by atoms with Crippen molar-refractivity contribution in [2.45, 2.75) is 19.8 Å². The second-order valence-electron chi connectivity index (χ2n) is 4.24. The van der Waals surface area contributed by atoms with Crippen molar-refractivity contribution in [1.82, 2.24) is 4.98 Å². The molecule has 1 heterocycles. The van der Waals surface area contributed by atoms with E-state index in [4.69, 9.17) is 0 Å². The van der Waals surface area contributed by atoms with Crippen LogP contribution in [0, 0.1) is 0 Å². The number of phenols is 1. The fraction of sp³-hybridized carbons (Fsp3) is 0.231. The van der Waals surface area contributed by atoms with Crippen LogP contribution in [0.2, 0.25) is 0 Å². The fourth-order valence-electron chi connectivity index (χ4n) is 1.43. The average molecular weight is 262 g/mol. The van der Waals surface area contributed by atoms with Crippen molar-refractivity contribution in [1.29, 1.82) is 0 Å². The lowest BCUT2D eigenvalue weighted by Gasteiger charge is -2.02. The maximum atomic E-state index is 11.9. The first-order valence-electron chi connectivity index (χ1n) is 5.62. The molecule has 2 rings (SSSR count). The van der Waals surface area contributed by atoms with Gasteiger partial charge in [0.2, 0.25) is 0 Å². The Morgan fingerprint density at radius 1 is 1.44 bits per heavy atom. The van der Waals surface area contributed by atoms with Gasteiger partial charge in [0, 0.05) is 10.9 Å². The van der Waals surface area contributed by atoms with Gasteiger partial charge in [-0.2, -0.15) is 0 Å². The third kappa shape index (κ3) is 2.87. The van der Waals surface area contributed by atoms with Crippen LogP contribution in [0.5, 0.6) is 5.75 Å². The standard InChI is InChI=1S/C13H14N2O2S/c1-8(2)11-7-18-13(14-11)15-12(17)9-4-3-5-10(16)6-9/h3-8,16H,1-2H3,(H,14,15,17). The Balaban J connectivity index is 2.11. The molecule has 0 aliphatic rings. The van der Waals surface area contributed by atoms with Gasteiger partial charge in [0.25, 0.3) is 5.91 Å². The molecule has 0 saturated carbocycles. The molecule has 0 unspecified atom stereocenters. The van der Waals surface area contributed by atoms with E-state index in [1.165, 1.54) is 23.5 Å². The molecule has 0 bridgehead atoms. The Morgan fingerprint density at radius 3 is 2.83 bits per heavy atom. The summed E-state index contributed by atoms with van der Waals surface area (Å²) in [5.41, 5.74) is 1.38. The van der Waals surface area contributed by atoms with Crippen LogP contribution in [0.25, 0.3) is 0 Å². The lowest BCUT2D eigenvalue weighted by Crippen LogP contribution is -2.11. The number of carbonyl (C=O) groups excluding carboxylic acids is 1. The van der Waals surface area contributed by atoms with Crippen molar-refractivity contribution in [3.05, 3.63) is 40.9 Å². The van der Waals surface area contributed by atoms with Crippen LogP contribution >= 0.6 is 11.3 Å². The van der Waals surface area contributed by atoms with E-state index >= 15 is 0 Å². The van der Waals surface area contributed by atoms with E-state index in [1.54, 1.807) is 12.1 Å². The van der Waals surface area contributed by atoms with E-state index in [-0.39, 0.29) is 11.7 Å². The van der Waals surface area contributed by atoms with E-state index in [2.05, 4.69) is 24.1 Å². The summed E-state index contributed by atoms with van der Waals surface area (Å²) in [6, 6.07) is 6.22. The zero-order chi connectivity index (χ0) is 13.1. The largest absolute Gasteiger partial charge is 0.508 e. The molecule has 2 N–H and O–H groups in total. The van der Waals surface area contributed by atoms with Crippen molar-refractivity contribution in [3.8, 4) is 5.75 Å². The fourth-order valence-corrected chi connectivity index (χ4v) is 2.29. The topological polar surface area (TPSA) is 62.2 Å². The molecular formula is C13H14N2O2S. The zero-order valence-electron chi connectivity index (χ0n) is 10.2. The summed E-state index contributed by atoms with van der Waals surface area (Å²) in [5, 5.41) is 14.5. The highest BCUT2D eigenvalue weighted by atomic mass is 32.1. The van der Waals surface area contributed by atoms with E-state index in [0.29, 0.717) is 16.6 Å². The van der Waals surface area contributed by atoms with Crippen molar-refractivity contribution in [2.75, 3.05) is 5.32 Å². The Labute approximate surface area is 109 Å². The molecule has 2 aromatic rings. The Bertz CT molecular complexity index is 564. The molecule has 1 aromatic carbocycles. The summed E-state index contributed by atoms with van der Waals surface area (Å²) in [6.45, 7) is 4.10. The van der Waals surface area contributed by atoms with Gasteiger partial charge in [-0.15, -0.1) is 11.3 Å². The maximum Gasteiger partial charge on any atom is 0.257 e. The van der Waals surface area contributed by atoms with Crippen molar-refractivity contribution >= 4 is 22.4 Å². The SMILES string of the molecule is CC(C)c1csc(NC(=O)c2cccc(O)c2)n1. The number of hydrogen-bond donors (Lipinski definition) is 2. The number of aromatic nitrogens is 1. The summed E-state index contributed by atoms with van der Waals surface area (Å²) in [6.07, 6.45) is 0. The van der Waals surface area contributed by atoms with Gasteiger partial charge in [0.1, 0.15) is 5.75 Å². The minimum atomic E-state index is -0.268. The molecule has 1 aromatic heterocycles. The number of hydrogen-bond acceptors (Lipinski definition) is 4. The van der Waals surface area contributed by atoms with Crippen LogP contribution in [0.3, 0.4) is 0 Å². The van der Waals surface area contributed by atoms with Gasteiger partial charge in [0.05, 0.1) is 5.69 Å². The lowest BCUT2D eigenvalue weighted by atomic mass is 10.2. The summed E-state index contributed by atoms with van der Waals surface area (Å²) in [7, 11) is 0. The smallest absolute Gasteiger partial charge is 0.257 e. The van der Waals surface area contributed by atoms with E-state index in [1.807, 2.05) is 5.38 Å². The van der Waals surface area contributed by atoms with Crippen LogP contribution in [-0.2, 0) is 0 Å². The molecule has 0 radical (unpaired) electrons. The highest BCUT2D eigenvalue weighted by molar-refractivity contribution is 7.14. The first-order chi connectivity index (χ1) is 8.56. The van der Waals surface area contributed by atoms with Crippen molar-refractivity contribution in [3.63, 3.8) is 0 Å². The number of benzene rings is 1. The van der Waals surface area contributed by atoms with Crippen LogP contribution in [0.1, 0.15) is 35.8 Å². The van der Waals surface area contributed by atoms with Gasteiger partial charge in [-0.05, 0) is 24.1 Å². The second kappa shape index (κ2) is 5.18. The van der Waals surface area contributed by atoms with Crippen LogP contribution in [0.15, 0.2) is 29.6 Å². The highest BCUT2D eigenvalue weighted by Crippen LogP contribution is 2.22. The van der Waals surface area contributed by atoms with Gasteiger partial charge in [-0.3, -0.25) is 10.1 Å². The molecule has 0 aliphatic heterocycles. The maximum absolute atomic E-state index is 11.9. The summed E-state index contributed by atoms with van der Waals surface area (Å²) < 4.78 is 0. The molecule has 0 saturated heterocycles. The lowest BCUT2D eigenvalue weighted by molar-refractivity contribution is 0.102. The first kappa shape index (κ1) is 12.6. The number of anilines is 1. The summed E-state index contributed by atoms with van der Waals surface area (Å²) in [4.78, 5) is 16.2. The third-order valence-corrected chi connectivity index (χ3v) is 3.22. The van der Waals surface area contributed by atoms with E-state index in [0.717, 1.165) is 5.69 Å². The Hall–Kier alpha value is -1.88. The molecule has 0 aliphatic carbocycles. The van der Waals surface area contributed by atoms with Crippen molar-refractivity contribution < 1.29 is 9.90 Å².